The molecule has 0 unspecified atom stereocenters. The maximum absolute atomic E-state index is 13.2. The number of carbonyl (C=O) groups excluding carboxylic acids is 1. The molecule has 2 heterocycles. The summed E-state index contributed by atoms with van der Waals surface area (Å²) >= 11 is 0. The van der Waals surface area contributed by atoms with Crippen molar-refractivity contribution in [2.75, 3.05) is 26.2 Å². The lowest BCUT2D eigenvalue weighted by molar-refractivity contribution is 0.0736. The predicted molar refractivity (Wildman–Crippen MR) is 87.3 cm³/mol. The number of amides is 1. The van der Waals surface area contributed by atoms with Gasteiger partial charge in [0.1, 0.15) is 0 Å². The van der Waals surface area contributed by atoms with Crippen molar-refractivity contribution in [3.05, 3.63) is 40.6 Å². The van der Waals surface area contributed by atoms with E-state index in [4.69, 9.17) is 4.98 Å². The van der Waals surface area contributed by atoms with Crippen LogP contribution in [0.1, 0.15) is 33.6 Å². The first kappa shape index (κ1) is 13.7. The SMILES string of the molecule is Cc1cccc2c(C(=O)N3CCNCC3)c3c(nc12)CCC3. The van der Waals surface area contributed by atoms with Crippen LogP contribution in [-0.2, 0) is 12.8 Å². The molecule has 1 fully saturated rings. The second-order valence-electron chi connectivity index (χ2n) is 6.28. The molecule has 0 spiro atoms. The van der Waals surface area contributed by atoms with Gasteiger partial charge in [0.2, 0.25) is 0 Å². The van der Waals surface area contributed by atoms with Gasteiger partial charge in [-0.2, -0.15) is 0 Å². The van der Waals surface area contributed by atoms with E-state index in [1.807, 2.05) is 11.0 Å². The monoisotopic (exact) mass is 295 g/mol. The molecule has 1 amide bonds. The lowest BCUT2D eigenvalue weighted by Crippen LogP contribution is -2.46. The Kier molecular flexibility index (Phi) is 3.34. The van der Waals surface area contributed by atoms with Crippen molar-refractivity contribution >= 4 is 16.8 Å². The minimum Gasteiger partial charge on any atom is -0.336 e. The Morgan fingerprint density at radius 2 is 2.05 bits per heavy atom. The summed E-state index contributed by atoms with van der Waals surface area (Å²) in [5.41, 5.74) is 5.41. The summed E-state index contributed by atoms with van der Waals surface area (Å²) in [7, 11) is 0. The number of rotatable bonds is 1. The molecule has 1 aromatic carbocycles. The van der Waals surface area contributed by atoms with Crippen LogP contribution in [0.4, 0.5) is 0 Å². The molecular formula is C18H21N3O. The Morgan fingerprint density at radius 3 is 2.86 bits per heavy atom. The van der Waals surface area contributed by atoms with Gasteiger partial charge in [0.25, 0.3) is 5.91 Å². The molecule has 2 aromatic rings. The Morgan fingerprint density at radius 1 is 1.23 bits per heavy atom. The molecule has 114 valence electrons. The van der Waals surface area contributed by atoms with Crippen molar-refractivity contribution in [2.24, 2.45) is 0 Å². The summed E-state index contributed by atoms with van der Waals surface area (Å²) in [4.78, 5) is 20.0. The molecule has 0 bridgehead atoms. The van der Waals surface area contributed by atoms with Crippen LogP contribution in [0.5, 0.6) is 0 Å². The fourth-order valence-electron chi connectivity index (χ4n) is 3.70. The van der Waals surface area contributed by atoms with E-state index in [0.717, 1.165) is 73.2 Å². The first-order valence-electron chi connectivity index (χ1n) is 8.17. The summed E-state index contributed by atoms with van der Waals surface area (Å²) in [5, 5.41) is 4.35. The molecule has 1 aliphatic carbocycles. The molecule has 1 saturated heterocycles. The van der Waals surface area contributed by atoms with E-state index in [0.29, 0.717) is 0 Å². The third-order valence-electron chi connectivity index (χ3n) is 4.86. The fourth-order valence-corrected chi connectivity index (χ4v) is 3.70. The zero-order valence-corrected chi connectivity index (χ0v) is 13.0. The standard InChI is InChI=1S/C18H21N3O/c1-12-4-2-6-14-16(18(22)21-10-8-19-9-11-21)13-5-3-7-15(13)20-17(12)14/h2,4,6,19H,3,5,7-11H2,1H3. The molecule has 0 radical (unpaired) electrons. The number of fused-ring (bicyclic) bond motifs is 2. The Hall–Kier alpha value is -1.94. The second kappa shape index (κ2) is 5.36. The van der Waals surface area contributed by atoms with Gasteiger partial charge in [-0.05, 0) is 37.3 Å². The zero-order chi connectivity index (χ0) is 15.1. The number of aryl methyl sites for hydroxylation is 2. The van der Waals surface area contributed by atoms with E-state index >= 15 is 0 Å². The van der Waals surface area contributed by atoms with Crippen molar-refractivity contribution in [1.29, 1.82) is 0 Å². The Bertz CT molecular complexity index is 748. The summed E-state index contributed by atoms with van der Waals surface area (Å²) in [6.07, 6.45) is 3.10. The molecule has 1 aliphatic heterocycles. The summed E-state index contributed by atoms with van der Waals surface area (Å²) in [6.45, 7) is 5.44. The van der Waals surface area contributed by atoms with Gasteiger partial charge in [-0.15, -0.1) is 0 Å². The number of para-hydroxylation sites is 1. The molecule has 1 aromatic heterocycles. The summed E-state index contributed by atoms with van der Waals surface area (Å²) in [5.74, 6) is 0.192. The van der Waals surface area contributed by atoms with Crippen molar-refractivity contribution in [1.82, 2.24) is 15.2 Å². The van der Waals surface area contributed by atoms with Crippen LogP contribution < -0.4 is 5.32 Å². The van der Waals surface area contributed by atoms with E-state index in [1.165, 1.54) is 5.56 Å². The van der Waals surface area contributed by atoms with Crippen LogP contribution in [0, 0.1) is 6.92 Å². The molecule has 4 rings (SSSR count). The Balaban J connectivity index is 1.91. The number of hydrogen-bond donors (Lipinski definition) is 1. The van der Waals surface area contributed by atoms with E-state index < -0.39 is 0 Å². The van der Waals surface area contributed by atoms with Crippen LogP contribution >= 0.6 is 0 Å². The van der Waals surface area contributed by atoms with Crippen LogP contribution in [0.3, 0.4) is 0 Å². The fraction of sp³-hybridized carbons (Fsp3) is 0.444. The van der Waals surface area contributed by atoms with Gasteiger partial charge >= 0.3 is 0 Å². The highest BCUT2D eigenvalue weighted by Crippen LogP contribution is 2.32. The van der Waals surface area contributed by atoms with Crippen LogP contribution in [-0.4, -0.2) is 42.0 Å². The number of pyridine rings is 1. The lowest BCUT2D eigenvalue weighted by atomic mass is 9.98. The zero-order valence-electron chi connectivity index (χ0n) is 13.0. The third-order valence-corrected chi connectivity index (χ3v) is 4.86. The highest BCUT2D eigenvalue weighted by atomic mass is 16.2. The number of nitrogens with one attached hydrogen (secondary N) is 1. The topological polar surface area (TPSA) is 45.2 Å². The summed E-state index contributed by atoms with van der Waals surface area (Å²) in [6, 6.07) is 6.17. The van der Waals surface area contributed by atoms with Gasteiger partial charge in [0, 0.05) is 37.3 Å². The highest BCUT2D eigenvalue weighted by molar-refractivity contribution is 6.08. The first-order chi connectivity index (χ1) is 10.8. The van der Waals surface area contributed by atoms with Gasteiger partial charge < -0.3 is 10.2 Å². The van der Waals surface area contributed by atoms with Crippen LogP contribution in [0.25, 0.3) is 10.9 Å². The number of benzene rings is 1. The van der Waals surface area contributed by atoms with Crippen LogP contribution in [0.2, 0.25) is 0 Å². The van der Waals surface area contributed by atoms with Gasteiger partial charge in [0.05, 0.1) is 11.1 Å². The van der Waals surface area contributed by atoms with Crippen molar-refractivity contribution in [3.8, 4) is 0 Å². The normalized spacial score (nSPS) is 17.8. The number of piperazine rings is 1. The van der Waals surface area contributed by atoms with E-state index in [9.17, 15) is 4.79 Å². The van der Waals surface area contributed by atoms with Gasteiger partial charge in [-0.25, -0.2) is 0 Å². The number of hydrogen-bond acceptors (Lipinski definition) is 3. The molecule has 4 heteroatoms. The Labute approximate surface area is 130 Å². The smallest absolute Gasteiger partial charge is 0.254 e. The molecule has 0 saturated carbocycles. The van der Waals surface area contributed by atoms with Crippen molar-refractivity contribution < 1.29 is 4.79 Å². The third kappa shape index (κ3) is 2.10. The largest absolute Gasteiger partial charge is 0.336 e. The highest BCUT2D eigenvalue weighted by Gasteiger charge is 2.27. The van der Waals surface area contributed by atoms with Gasteiger partial charge in [-0.3, -0.25) is 9.78 Å². The molecular weight excluding hydrogens is 274 g/mol. The second-order valence-corrected chi connectivity index (χ2v) is 6.28. The minimum absolute atomic E-state index is 0.192. The lowest BCUT2D eigenvalue weighted by Gasteiger charge is -2.28. The average molecular weight is 295 g/mol. The van der Waals surface area contributed by atoms with Crippen molar-refractivity contribution in [3.63, 3.8) is 0 Å². The number of aromatic nitrogens is 1. The quantitative estimate of drug-likeness (QED) is 0.876. The molecule has 2 aliphatic rings. The van der Waals surface area contributed by atoms with Crippen LogP contribution in [0.15, 0.2) is 18.2 Å². The van der Waals surface area contributed by atoms with E-state index in [1.54, 1.807) is 0 Å². The van der Waals surface area contributed by atoms with Gasteiger partial charge in [-0.1, -0.05) is 18.2 Å². The van der Waals surface area contributed by atoms with E-state index in [2.05, 4.69) is 24.4 Å². The molecule has 22 heavy (non-hydrogen) atoms. The number of carbonyl (C=O) groups is 1. The molecule has 0 atom stereocenters. The first-order valence-corrected chi connectivity index (χ1v) is 8.17. The maximum Gasteiger partial charge on any atom is 0.254 e. The van der Waals surface area contributed by atoms with Crippen molar-refractivity contribution in [2.45, 2.75) is 26.2 Å². The number of nitrogens with zero attached hydrogens (tertiary/aromatic N) is 2. The molecule has 1 N–H and O–H groups in total. The molecule has 4 nitrogen and oxygen atoms in total. The minimum atomic E-state index is 0.192. The predicted octanol–water partition coefficient (Wildman–Crippen LogP) is 2.08. The van der Waals surface area contributed by atoms with Gasteiger partial charge in [0.15, 0.2) is 0 Å². The van der Waals surface area contributed by atoms with E-state index in [-0.39, 0.29) is 5.91 Å². The average Bonchev–Trinajstić information content (AvgIpc) is 3.02. The summed E-state index contributed by atoms with van der Waals surface area (Å²) < 4.78 is 0. The maximum atomic E-state index is 13.2.